The van der Waals surface area contributed by atoms with Crippen LogP contribution >= 0.6 is 0 Å². The summed E-state index contributed by atoms with van der Waals surface area (Å²) in [6.07, 6.45) is 4.24. The molecule has 0 unspecified atom stereocenters. The molecule has 1 aliphatic heterocycles. The van der Waals surface area contributed by atoms with E-state index in [2.05, 4.69) is 11.4 Å². The molecule has 0 aromatic heterocycles. The van der Waals surface area contributed by atoms with Crippen LogP contribution in [-0.2, 0) is 4.79 Å². The highest BCUT2D eigenvalue weighted by Gasteiger charge is 2.54. The number of rotatable bonds is 4. The van der Waals surface area contributed by atoms with Crippen LogP contribution in [0.2, 0.25) is 0 Å². The number of imide groups is 1. The van der Waals surface area contributed by atoms with E-state index in [-0.39, 0.29) is 24.8 Å². The number of carbonyl (C=O) groups is 2. The highest BCUT2D eigenvalue weighted by atomic mass is 16.2. The maximum Gasteiger partial charge on any atom is 0.325 e. The lowest BCUT2D eigenvalue weighted by Crippen LogP contribution is -2.54. The quantitative estimate of drug-likeness (QED) is 0.799. The van der Waals surface area contributed by atoms with Gasteiger partial charge in [0, 0.05) is 13.0 Å². The van der Waals surface area contributed by atoms with Crippen LogP contribution in [0.5, 0.6) is 0 Å². The number of amides is 3. The Morgan fingerprint density at radius 3 is 2.81 bits per heavy atom. The number of nitrogens with one attached hydrogen (secondary N) is 1. The Hall–Kier alpha value is -2.08. The molecule has 1 heterocycles. The normalized spacial score (nSPS) is 29.9. The lowest BCUT2D eigenvalue weighted by Gasteiger charge is -2.36. The summed E-state index contributed by atoms with van der Waals surface area (Å²) in [6, 6.07) is 3.67. The van der Waals surface area contributed by atoms with Gasteiger partial charge in [0.05, 0.1) is 18.1 Å². The Labute approximate surface area is 124 Å². The van der Waals surface area contributed by atoms with Gasteiger partial charge in [0.2, 0.25) is 0 Å². The Kier molecular flexibility index (Phi) is 4.47. The van der Waals surface area contributed by atoms with Gasteiger partial charge in [0.1, 0.15) is 5.54 Å². The summed E-state index contributed by atoms with van der Waals surface area (Å²) in [6.45, 7) is 2.08. The molecule has 0 aromatic rings. The monoisotopic (exact) mass is 288 g/mol. The first-order valence-electron chi connectivity index (χ1n) is 7.46. The second kappa shape index (κ2) is 6.13. The van der Waals surface area contributed by atoms with Gasteiger partial charge in [-0.2, -0.15) is 10.5 Å². The molecule has 6 nitrogen and oxygen atoms in total. The molecule has 0 aromatic carbocycles. The summed E-state index contributed by atoms with van der Waals surface area (Å²) in [7, 11) is 0. The molecule has 3 amide bonds. The SMILES string of the molecule is C[C@@H]1CCCC[C@@]12NC(=O)N(C[C@H](C#N)CCC#N)C2=O. The zero-order chi connectivity index (χ0) is 15.5. The topological polar surface area (TPSA) is 97.0 Å². The van der Waals surface area contributed by atoms with Crippen LogP contribution < -0.4 is 5.32 Å². The van der Waals surface area contributed by atoms with Crippen molar-refractivity contribution in [1.82, 2.24) is 10.2 Å². The number of urea groups is 1. The van der Waals surface area contributed by atoms with Crippen LogP contribution in [0.25, 0.3) is 0 Å². The highest BCUT2D eigenvalue weighted by Crippen LogP contribution is 2.38. The van der Waals surface area contributed by atoms with Crippen molar-refractivity contribution in [2.24, 2.45) is 11.8 Å². The van der Waals surface area contributed by atoms with Gasteiger partial charge < -0.3 is 5.32 Å². The van der Waals surface area contributed by atoms with Gasteiger partial charge in [-0.25, -0.2) is 4.79 Å². The number of hydrogen-bond donors (Lipinski definition) is 1. The summed E-state index contributed by atoms with van der Waals surface area (Å²) < 4.78 is 0. The van der Waals surface area contributed by atoms with Crippen LogP contribution in [0.3, 0.4) is 0 Å². The van der Waals surface area contributed by atoms with Gasteiger partial charge in [0.25, 0.3) is 5.91 Å². The number of hydrogen-bond acceptors (Lipinski definition) is 4. The average Bonchev–Trinajstić information content (AvgIpc) is 2.71. The lowest BCUT2D eigenvalue weighted by molar-refractivity contribution is -0.134. The van der Waals surface area contributed by atoms with E-state index in [1.165, 1.54) is 4.90 Å². The van der Waals surface area contributed by atoms with Crippen molar-refractivity contribution in [2.45, 2.75) is 51.0 Å². The molecule has 3 atom stereocenters. The molecule has 0 radical (unpaired) electrons. The summed E-state index contributed by atoms with van der Waals surface area (Å²) in [5.74, 6) is -0.558. The summed E-state index contributed by atoms with van der Waals surface area (Å²) >= 11 is 0. The zero-order valence-corrected chi connectivity index (χ0v) is 12.3. The summed E-state index contributed by atoms with van der Waals surface area (Å²) in [4.78, 5) is 26.0. The van der Waals surface area contributed by atoms with E-state index < -0.39 is 17.5 Å². The molecule has 1 saturated heterocycles. The lowest BCUT2D eigenvalue weighted by atomic mass is 9.73. The summed E-state index contributed by atoms with van der Waals surface area (Å²) in [5.41, 5.74) is -0.773. The van der Waals surface area contributed by atoms with Gasteiger partial charge in [0.15, 0.2) is 0 Å². The molecule has 1 saturated carbocycles. The van der Waals surface area contributed by atoms with Gasteiger partial charge in [-0.3, -0.25) is 9.69 Å². The average molecular weight is 288 g/mol. The maximum atomic E-state index is 12.7. The Balaban J connectivity index is 2.12. The van der Waals surface area contributed by atoms with E-state index in [1.807, 2.05) is 13.0 Å². The molecule has 21 heavy (non-hydrogen) atoms. The molecule has 1 N–H and O–H groups in total. The third kappa shape index (κ3) is 2.71. The maximum absolute atomic E-state index is 12.7. The van der Waals surface area contributed by atoms with Gasteiger partial charge >= 0.3 is 6.03 Å². The van der Waals surface area contributed by atoms with Crippen LogP contribution in [0.1, 0.15) is 45.4 Å². The van der Waals surface area contributed by atoms with Crippen molar-refractivity contribution >= 4 is 11.9 Å². The molecule has 2 rings (SSSR count). The first-order valence-corrected chi connectivity index (χ1v) is 7.46. The second-order valence-electron chi connectivity index (χ2n) is 5.99. The van der Waals surface area contributed by atoms with Gasteiger partial charge in [-0.05, 0) is 25.2 Å². The van der Waals surface area contributed by atoms with Crippen molar-refractivity contribution in [2.75, 3.05) is 6.54 Å². The molecule has 0 bridgehead atoms. The fraction of sp³-hybridized carbons (Fsp3) is 0.733. The Bertz CT molecular complexity index is 519. The van der Waals surface area contributed by atoms with Crippen molar-refractivity contribution in [3.63, 3.8) is 0 Å². The molecular formula is C15H20N4O2. The highest BCUT2D eigenvalue weighted by molar-refractivity contribution is 6.07. The van der Waals surface area contributed by atoms with E-state index in [9.17, 15) is 9.59 Å². The summed E-state index contributed by atoms with van der Waals surface area (Å²) in [5, 5.41) is 20.6. The Morgan fingerprint density at radius 2 is 2.19 bits per heavy atom. The van der Waals surface area contributed by atoms with E-state index in [0.29, 0.717) is 12.8 Å². The van der Waals surface area contributed by atoms with Crippen LogP contribution in [0, 0.1) is 34.5 Å². The van der Waals surface area contributed by atoms with E-state index >= 15 is 0 Å². The minimum absolute atomic E-state index is 0.0807. The first-order chi connectivity index (χ1) is 10.0. The predicted molar refractivity (Wildman–Crippen MR) is 74.6 cm³/mol. The van der Waals surface area contributed by atoms with Crippen LogP contribution in [0.15, 0.2) is 0 Å². The van der Waals surface area contributed by atoms with Crippen molar-refractivity contribution in [3.05, 3.63) is 0 Å². The number of nitriles is 2. The van der Waals surface area contributed by atoms with Crippen LogP contribution in [-0.4, -0.2) is 28.9 Å². The number of nitrogens with zero attached hydrogens (tertiary/aromatic N) is 3. The fourth-order valence-electron chi connectivity index (χ4n) is 3.32. The molecule has 2 fully saturated rings. The van der Waals surface area contributed by atoms with Gasteiger partial charge in [-0.1, -0.05) is 19.8 Å². The molecule has 2 aliphatic rings. The molecule has 1 aliphatic carbocycles. The van der Waals surface area contributed by atoms with Crippen molar-refractivity contribution in [3.8, 4) is 12.1 Å². The predicted octanol–water partition coefficient (Wildman–Crippen LogP) is 1.93. The zero-order valence-electron chi connectivity index (χ0n) is 12.3. The van der Waals surface area contributed by atoms with Crippen molar-refractivity contribution < 1.29 is 9.59 Å². The van der Waals surface area contributed by atoms with E-state index in [1.54, 1.807) is 0 Å². The largest absolute Gasteiger partial charge is 0.325 e. The van der Waals surface area contributed by atoms with E-state index in [4.69, 9.17) is 10.5 Å². The molecular weight excluding hydrogens is 268 g/mol. The van der Waals surface area contributed by atoms with Crippen LogP contribution in [0.4, 0.5) is 4.79 Å². The smallest absolute Gasteiger partial charge is 0.323 e. The fourth-order valence-corrected chi connectivity index (χ4v) is 3.32. The minimum atomic E-state index is -0.773. The number of carbonyl (C=O) groups excluding carboxylic acids is 2. The first kappa shape index (κ1) is 15.3. The second-order valence-corrected chi connectivity index (χ2v) is 5.99. The third-order valence-corrected chi connectivity index (χ3v) is 4.69. The minimum Gasteiger partial charge on any atom is -0.323 e. The van der Waals surface area contributed by atoms with Crippen molar-refractivity contribution in [1.29, 1.82) is 10.5 Å². The Morgan fingerprint density at radius 1 is 1.43 bits per heavy atom. The molecule has 112 valence electrons. The van der Waals surface area contributed by atoms with E-state index in [0.717, 1.165) is 19.3 Å². The standard InChI is InChI=1S/C15H20N4O2/c1-11-5-2-3-7-15(11)13(20)19(14(21)18-15)10-12(9-17)6-4-8-16/h11-12H,2-7,10H2,1H3,(H,18,21)/t11-,12+,15-/m1/s1. The molecule has 6 heteroatoms. The third-order valence-electron chi connectivity index (χ3n) is 4.69. The van der Waals surface area contributed by atoms with Gasteiger partial charge in [-0.15, -0.1) is 0 Å². The molecule has 1 spiro atoms.